The zero-order valence-electron chi connectivity index (χ0n) is 9.34. The van der Waals surface area contributed by atoms with Gasteiger partial charge in [-0.3, -0.25) is 4.79 Å². The van der Waals surface area contributed by atoms with Crippen LogP contribution in [0.3, 0.4) is 0 Å². The Morgan fingerprint density at radius 2 is 2.29 bits per heavy atom. The first kappa shape index (κ1) is 14.2. The van der Waals surface area contributed by atoms with Gasteiger partial charge >= 0.3 is 0 Å². The molecule has 0 radical (unpaired) electrons. The summed E-state index contributed by atoms with van der Waals surface area (Å²) in [4.78, 5) is 19.4. The SMILES string of the molecule is C[N-]Cc1nc(-c2nc(C(C)=O)co2)cs1.[W]. The molecule has 0 unspecified atom stereocenters. The Morgan fingerprint density at radius 1 is 1.53 bits per heavy atom. The van der Waals surface area contributed by atoms with Crippen LogP contribution in [0.25, 0.3) is 16.9 Å². The molecule has 0 amide bonds. The summed E-state index contributed by atoms with van der Waals surface area (Å²) in [7, 11) is 1.74. The van der Waals surface area contributed by atoms with E-state index in [-0.39, 0.29) is 26.8 Å². The first-order valence-corrected chi connectivity index (χ1v) is 5.55. The van der Waals surface area contributed by atoms with Crippen molar-refractivity contribution in [1.82, 2.24) is 9.97 Å². The van der Waals surface area contributed by atoms with Gasteiger partial charge in [0, 0.05) is 33.4 Å². The van der Waals surface area contributed by atoms with E-state index in [2.05, 4.69) is 15.3 Å². The number of nitrogens with zero attached hydrogens (tertiary/aromatic N) is 3. The van der Waals surface area contributed by atoms with E-state index in [1.165, 1.54) is 24.5 Å². The summed E-state index contributed by atoms with van der Waals surface area (Å²) in [6.07, 6.45) is 1.35. The van der Waals surface area contributed by atoms with Gasteiger partial charge in [0.2, 0.25) is 5.89 Å². The summed E-state index contributed by atoms with van der Waals surface area (Å²) in [6.45, 7) is 2.04. The molecular weight excluding hydrogens is 410 g/mol. The van der Waals surface area contributed by atoms with Crippen molar-refractivity contribution in [3.05, 3.63) is 27.7 Å². The number of aromatic nitrogens is 2. The average molecular weight is 420 g/mol. The fraction of sp³-hybridized carbons (Fsp3) is 0.300. The summed E-state index contributed by atoms with van der Waals surface area (Å²) in [5, 5.41) is 6.74. The number of rotatable bonds is 4. The molecule has 7 heteroatoms. The van der Waals surface area contributed by atoms with Gasteiger partial charge in [-0.2, -0.15) is 7.05 Å². The zero-order valence-corrected chi connectivity index (χ0v) is 13.1. The van der Waals surface area contributed by atoms with Gasteiger partial charge in [-0.25, -0.2) is 9.97 Å². The largest absolute Gasteiger partial charge is 0.659 e. The number of thiazole rings is 1. The molecule has 0 N–H and O–H groups in total. The number of ketones is 1. The van der Waals surface area contributed by atoms with Crippen LogP contribution in [-0.2, 0) is 27.6 Å². The van der Waals surface area contributed by atoms with Gasteiger partial charge in [0.05, 0.1) is 5.01 Å². The number of Topliss-reactive ketones (excluding diaryl/α,β-unsaturated/α-hetero) is 1. The molecule has 0 saturated heterocycles. The molecule has 0 atom stereocenters. The molecule has 2 rings (SSSR count). The van der Waals surface area contributed by atoms with Gasteiger partial charge in [0.25, 0.3) is 0 Å². The maximum Gasteiger partial charge on any atom is 0.246 e. The Bertz CT molecular complexity index is 509. The van der Waals surface area contributed by atoms with E-state index in [9.17, 15) is 4.79 Å². The molecule has 17 heavy (non-hydrogen) atoms. The first-order chi connectivity index (χ1) is 7.70. The van der Waals surface area contributed by atoms with Gasteiger partial charge in [0.15, 0.2) is 5.78 Å². The Morgan fingerprint density at radius 3 is 2.88 bits per heavy atom. The molecule has 0 spiro atoms. The van der Waals surface area contributed by atoms with Gasteiger partial charge in [-0.05, 0) is 0 Å². The van der Waals surface area contributed by atoms with Gasteiger partial charge in [-0.15, -0.1) is 11.3 Å². The molecule has 0 aliphatic carbocycles. The third kappa shape index (κ3) is 3.31. The predicted molar refractivity (Wildman–Crippen MR) is 60.6 cm³/mol. The summed E-state index contributed by atoms with van der Waals surface area (Å²) in [6, 6.07) is 0. The smallest absolute Gasteiger partial charge is 0.246 e. The minimum Gasteiger partial charge on any atom is -0.659 e. The number of carbonyl (C=O) groups is 1. The van der Waals surface area contributed by atoms with E-state index in [0.717, 1.165) is 5.01 Å². The standard InChI is InChI=1S/C10H10N3O2S.W/c1-6(14)7-4-15-10(13-7)8-5-16-9(12-8)3-11-2;/h4-5H,3H2,1-2H3;/q-1;. The first-order valence-electron chi connectivity index (χ1n) is 4.67. The minimum absolute atomic E-state index is 0. The van der Waals surface area contributed by atoms with E-state index in [1.807, 2.05) is 5.38 Å². The summed E-state index contributed by atoms with van der Waals surface area (Å²) < 4.78 is 5.19. The fourth-order valence-corrected chi connectivity index (χ4v) is 1.93. The summed E-state index contributed by atoms with van der Waals surface area (Å²) in [5.74, 6) is 0.262. The van der Waals surface area contributed by atoms with Crippen LogP contribution in [0, 0.1) is 0 Å². The normalized spacial score (nSPS) is 10.0. The Hall–Kier alpha value is -0.842. The fourth-order valence-electron chi connectivity index (χ4n) is 1.17. The molecule has 0 saturated carbocycles. The van der Waals surface area contributed by atoms with E-state index in [1.54, 1.807) is 7.05 Å². The van der Waals surface area contributed by atoms with Crippen LogP contribution in [0.5, 0.6) is 0 Å². The monoisotopic (exact) mass is 420 g/mol. The van der Waals surface area contributed by atoms with Crippen molar-refractivity contribution in [2.75, 3.05) is 7.05 Å². The second-order valence-corrected chi connectivity index (χ2v) is 4.14. The second-order valence-electron chi connectivity index (χ2n) is 3.19. The molecule has 5 nitrogen and oxygen atoms in total. The molecule has 90 valence electrons. The Balaban J connectivity index is 0.00000144. The predicted octanol–water partition coefficient (Wildman–Crippen LogP) is 2.50. The molecule has 2 heterocycles. The maximum atomic E-state index is 11.0. The van der Waals surface area contributed by atoms with E-state index in [4.69, 9.17) is 4.42 Å². The van der Waals surface area contributed by atoms with Crippen LogP contribution in [0.15, 0.2) is 16.1 Å². The number of hydrogen-bond donors (Lipinski definition) is 0. The van der Waals surface area contributed by atoms with Crippen molar-refractivity contribution in [3.63, 3.8) is 0 Å². The number of oxazole rings is 1. The molecule has 0 aromatic carbocycles. The summed E-state index contributed by atoms with van der Waals surface area (Å²) in [5.41, 5.74) is 0.973. The van der Waals surface area contributed by atoms with Crippen molar-refractivity contribution >= 4 is 17.1 Å². The van der Waals surface area contributed by atoms with Crippen molar-refractivity contribution in [2.24, 2.45) is 0 Å². The van der Waals surface area contributed by atoms with E-state index < -0.39 is 0 Å². The van der Waals surface area contributed by atoms with Crippen molar-refractivity contribution < 1.29 is 30.3 Å². The van der Waals surface area contributed by atoms with Crippen LogP contribution in [0.1, 0.15) is 22.4 Å². The molecular formula is C10H10N3O2SW-. The Kier molecular flexibility index (Phi) is 5.18. The molecule has 0 aliphatic heterocycles. The van der Waals surface area contributed by atoms with Crippen LogP contribution < -0.4 is 0 Å². The van der Waals surface area contributed by atoms with Crippen LogP contribution in [0.2, 0.25) is 0 Å². The third-order valence-corrected chi connectivity index (χ3v) is 2.76. The van der Waals surface area contributed by atoms with Gasteiger partial charge < -0.3 is 9.73 Å². The number of hydrogen-bond acceptors (Lipinski definition) is 5. The topological polar surface area (TPSA) is 70.1 Å². The van der Waals surface area contributed by atoms with Crippen LogP contribution in [-0.4, -0.2) is 22.8 Å². The molecule has 0 aliphatic rings. The van der Waals surface area contributed by atoms with Gasteiger partial charge in [0.1, 0.15) is 17.7 Å². The van der Waals surface area contributed by atoms with Crippen molar-refractivity contribution in [2.45, 2.75) is 13.5 Å². The zero-order chi connectivity index (χ0) is 11.5. The minimum atomic E-state index is -0.117. The number of carbonyl (C=O) groups excluding carboxylic acids is 1. The Labute approximate surface area is 117 Å². The van der Waals surface area contributed by atoms with Crippen LogP contribution in [0.4, 0.5) is 0 Å². The average Bonchev–Trinajstić information content (AvgIpc) is 2.84. The third-order valence-electron chi connectivity index (χ3n) is 1.93. The molecule has 0 fully saturated rings. The van der Waals surface area contributed by atoms with Crippen molar-refractivity contribution in [1.29, 1.82) is 0 Å². The summed E-state index contributed by atoms with van der Waals surface area (Å²) >= 11 is 1.50. The molecule has 2 aromatic heterocycles. The quantitative estimate of drug-likeness (QED) is 0.714. The van der Waals surface area contributed by atoms with Crippen LogP contribution >= 0.6 is 11.3 Å². The molecule has 0 bridgehead atoms. The molecule has 2 aromatic rings. The maximum absolute atomic E-state index is 11.0. The van der Waals surface area contributed by atoms with E-state index >= 15 is 0 Å². The van der Waals surface area contributed by atoms with E-state index in [0.29, 0.717) is 23.8 Å². The second kappa shape index (κ2) is 6.19. The van der Waals surface area contributed by atoms with Gasteiger partial charge in [-0.1, -0.05) is 6.54 Å². The van der Waals surface area contributed by atoms with Crippen molar-refractivity contribution in [3.8, 4) is 11.6 Å².